The zero-order valence-electron chi connectivity index (χ0n) is 11.1. The third-order valence-electron chi connectivity index (χ3n) is 3.68. The predicted molar refractivity (Wildman–Crippen MR) is 72.3 cm³/mol. The highest BCUT2D eigenvalue weighted by Crippen LogP contribution is 2.29. The number of anilines is 1. The monoisotopic (exact) mass is 244 g/mol. The Morgan fingerprint density at radius 3 is 2.94 bits per heavy atom. The van der Waals surface area contributed by atoms with E-state index in [4.69, 9.17) is 5.73 Å². The Hall–Kier alpha value is -1.60. The fraction of sp³-hybridized carbons (Fsp3) is 0.571. The molecule has 0 bridgehead atoms. The first-order valence-electron chi connectivity index (χ1n) is 6.53. The van der Waals surface area contributed by atoms with Crippen LogP contribution in [-0.4, -0.2) is 23.6 Å². The Morgan fingerprint density at radius 2 is 2.28 bits per heavy atom. The molecular formula is C14H20N4. The van der Waals surface area contributed by atoms with Crippen molar-refractivity contribution in [1.29, 1.82) is 5.26 Å². The molecule has 0 saturated carbocycles. The quantitative estimate of drug-likeness (QED) is 0.863. The molecule has 18 heavy (non-hydrogen) atoms. The average molecular weight is 244 g/mol. The van der Waals surface area contributed by atoms with E-state index < -0.39 is 0 Å². The average Bonchev–Trinajstić information content (AvgIpc) is 2.38. The van der Waals surface area contributed by atoms with Gasteiger partial charge in [0.2, 0.25) is 0 Å². The number of piperidine rings is 1. The molecule has 4 heteroatoms. The van der Waals surface area contributed by atoms with Crippen LogP contribution in [0.5, 0.6) is 0 Å². The summed E-state index contributed by atoms with van der Waals surface area (Å²) in [4.78, 5) is 6.81. The summed E-state index contributed by atoms with van der Waals surface area (Å²) in [6.45, 7) is 4.76. The molecule has 96 valence electrons. The van der Waals surface area contributed by atoms with Crippen molar-refractivity contribution >= 4 is 5.82 Å². The van der Waals surface area contributed by atoms with Crippen molar-refractivity contribution < 1.29 is 0 Å². The van der Waals surface area contributed by atoms with Crippen LogP contribution >= 0.6 is 0 Å². The van der Waals surface area contributed by atoms with Gasteiger partial charge in [0.25, 0.3) is 0 Å². The van der Waals surface area contributed by atoms with Crippen LogP contribution < -0.4 is 10.6 Å². The Kier molecular flexibility index (Phi) is 3.83. The van der Waals surface area contributed by atoms with Crippen molar-refractivity contribution in [2.24, 2.45) is 5.73 Å². The second-order valence-electron chi connectivity index (χ2n) is 5.01. The molecule has 2 atom stereocenters. The third-order valence-corrected chi connectivity index (χ3v) is 3.68. The first-order valence-corrected chi connectivity index (χ1v) is 6.53. The summed E-state index contributed by atoms with van der Waals surface area (Å²) in [6, 6.07) is 6.68. The minimum Gasteiger partial charge on any atom is -0.349 e. The summed E-state index contributed by atoms with van der Waals surface area (Å²) in [7, 11) is 0. The van der Waals surface area contributed by atoms with Gasteiger partial charge in [0.05, 0.1) is 5.56 Å². The highest BCUT2D eigenvalue weighted by molar-refractivity contribution is 5.56. The largest absolute Gasteiger partial charge is 0.349 e. The Morgan fingerprint density at radius 1 is 1.50 bits per heavy atom. The van der Waals surface area contributed by atoms with E-state index in [-0.39, 0.29) is 0 Å². The van der Waals surface area contributed by atoms with E-state index >= 15 is 0 Å². The van der Waals surface area contributed by atoms with Crippen molar-refractivity contribution in [1.82, 2.24) is 4.98 Å². The van der Waals surface area contributed by atoms with Crippen molar-refractivity contribution in [3.05, 3.63) is 23.4 Å². The molecule has 1 aliphatic rings. The number of aromatic nitrogens is 1. The van der Waals surface area contributed by atoms with Crippen LogP contribution in [0.2, 0.25) is 0 Å². The first-order chi connectivity index (χ1) is 8.67. The maximum absolute atomic E-state index is 9.24. The molecule has 2 N–H and O–H groups in total. The maximum Gasteiger partial charge on any atom is 0.147 e. The molecule has 0 aliphatic carbocycles. The van der Waals surface area contributed by atoms with Gasteiger partial charge in [0.15, 0.2) is 0 Å². The van der Waals surface area contributed by atoms with Crippen LogP contribution in [0.25, 0.3) is 0 Å². The molecule has 1 aromatic rings. The number of nitriles is 1. The van der Waals surface area contributed by atoms with Crippen molar-refractivity contribution in [3.8, 4) is 6.07 Å². The van der Waals surface area contributed by atoms with Gasteiger partial charge in [-0.2, -0.15) is 5.26 Å². The molecule has 0 spiro atoms. The van der Waals surface area contributed by atoms with Crippen molar-refractivity contribution in [2.45, 2.75) is 45.2 Å². The van der Waals surface area contributed by atoms with Gasteiger partial charge in [-0.25, -0.2) is 4.98 Å². The van der Waals surface area contributed by atoms with E-state index in [1.54, 1.807) is 0 Å². The number of hydrogen-bond donors (Lipinski definition) is 1. The van der Waals surface area contributed by atoms with Crippen LogP contribution in [0, 0.1) is 18.3 Å². The summed E-state index contributed by atoms with van der Waals surface area (Å²) in [5.74, 6) is 0.806. The van der Waals surface area contributed by atoms with Gasteiger partial charge in [0.1, 0.15) is 11.9 Å². The zero-order valence-corrected chi connectivity index (χ0v) is 11.1. The fourth-order valence-electron chi connectivity index (χ4n) is 2.73. The van der Waals surface area contributed by atoms with Crippen LogP contribution in [-0.2, 0) is 0 Å². The topological polar surface area (TPSA) is 65.9 Å². The third kappa shape index (κ3) is 2.32. The Balaban J connectivity index is 2.44. The Labute approximate surface area is 108 Å². The highest BCUT2D eigenvalue weighted by Gasteiger charge is 2.29. The fourth-order valence-corrected chi connectivity index (χ4v) is 2.73. The van der Waals surface area contributed by atoms with E-state index in [1.807, 2.05) is 19.1 Å². The molecule has 0 amide bonds. The van der Waals surface area contributed by atoms with E-state index in [9.17, 15) is 5.26 Å². The molecule has 0 radical (unpaired) electrons. The van der Waals surface area contributed by atoms with Crippen molar-refractivity contribution in [2.75, 3.05) is 11.4 Å². The highest BCUT2D eigenvalue weighted by atomic mass is 15.2. The van der Waals surface area contributed by atoms with Gasteiger partial charge in [-0.15, -0.1) is 0 Å². The van der Waals surface area contributed by atoms with Gasteiger partial charge in [-0.3, -0.25) is 0 Å². The summed E-state index contributed by atoms with van der Waals surface area (Å²) in [5, 5.41) is 9.24. The molecule has 2 rings (SSSR count). The first kappa shape index (κ1) is 12.8. The van der Waals surface area contributed by atoms with Crippen LogP contribution in [0.1, 0.15) is 37.4 Å². The summed E-state index contributed by atoms with van der Waals surface area (Å²) < 4.78 is 0. The molecule has 0 aromatic carbocycles. The smallest absolute Gasteiger partial charge is 0.147 e. The minimum atomic E-state index is 0.301. The maximum atomic E-state index is 9.24. The molecule has 2 unspecified atom stereocenters. The molecule has 2 heterocycles. The van der Waals surface area contributed by atoms with Gasteiger partial charge in [-0.05, 0) is 45.2 Å². The molecule has 1 saturated heterocycles. The number of hydrogen-bond acceptors (Lipinski definition) is 4. The van der Waals surface area contributed by atoms with E-state index in [0.29, 0.717) is 24.2 Å². The lowest BCUT2D eigenvalue weighted by Crippen LogP contribution is -2.49. The molecule has 1 fully saturated rings. The second kappa shape index (κ2) is 5.36. The number of nitrogens with zero attached hydrogens (tertiary/aromatic N) is 3. The van der Waals surface area contributed by atoms with E-state index in [1.165, 1.54) is 6.42 Å². The van der Waals surface area contributed by atoms with Gasteiger partial charge in [0, 0.05) is 24.3 Å². The number of aryl methyl sites for hydroxylation is 1. The van der Waals surface area contributed by atoms with Crippen LogP contribution in [0.4, 0.5) is 5.82 Å². The van der Waals surface area contributed by atoms with Crippen LogP contribution in [0.3, 0.4) is 0 Å². The number of pyridine rings is 1. The van der Waals surface area contributed by atoms with E-state index in [0.717, 1.165) is 24.4 Å². The van der Waals surface area contributed by atoms with Gasteiger partial charge >= 0.3 is 0 Å². The van der Waals surface area contributed by atoms with Crippen molar-refractivity contribution in [3.63, 3.8) is 0 Å². The standard InChI is InChI=1S/C14H20N4/c1-10-6-7-12(8-15)14(17-10)18-11(2)4-3-5-13(18)9-16/h6-7,11,13H,3-5,9,16H2,1-2H3. The SMILES string of the molecule is Cc1ccc(C#N)c(N2C(C)CCCC2CN)n1. The van der Waals surface area contributed by atoms with Crippen LogP contribution in [0.15, 0.2) is 12.1 Å². The summed E-state index contributed by atoms with van der Waals surface area (Å²) in [5.41, 5.74) is 7.46. The lowest BCUT2D eigenvalue weighted by molar-refractivity contribution is 0.397. The lowest BCUT2D eigenvalue weighted by atomic mass is 9.96. The number of nitrogens with two attached hydrogens (primary N) is 1. The number of rotatable bonds is 2. The second-order valence-corrected chi connectivity index (χ2v) is 5.01. The van der Waals surface area contributed by atoms with Gasteiger partial charge < -0.3 is 10.6 Å². The minimum absolute atomic E-state index is 0.301. The summed E-state index contributed by atoms with van der Waals surface area (Å²) >= 11 is 0. The molecular weight excluding hydrogens is 224 g/mol. The Bertz CT molecular complexity index is 463. The summed E-state index contributed by atoms with van der Waals surface area (Å²) in [6.07, 6.45) is 3.42. The lowest BCUT2D eigenvalue weighted by Gasteiger charge is -2.41. The molecule has 1 aromatic heterocycles. The predicted octanol–water partition coefficient (Wildman–Crippen LogP) is 1.97. The zero-order chi connectivity index (χ0) is 13.1. The molecule has 1 aliphatic heterocycles. The normalized spacial score (nSPS) is 23.8. The van der Waals surface area contributed by atoms with E-state index in [2.05, 4.69) is 22.9 Å². The molecule has 4 nitrogen and oxygen atoms in total. The van der Waals surface area contributed by atoms with Gasteiger partial charge in [-0.1, -0.05) is 0 Å².